The molecule has 1 aliphatic rings. The van der Waals surface area contributed by atoms with Crippen LogP contribution in [-0.4, -0.2) is 51.5 Å². The highest BCUT2D eigenvalue weighted by molar-refractivity contribution is 4.88. The zero-order chi connectivity index (χ0) is 11.6. The van der Waals surface area contributed by atoms with Crippen molar-refractivity contribution in [1.82, 2.24) is 4.90 Å². The van der Waals surface area contributed by atoms with Crippen LogP contribution < -0.4 is 0 Å². The maximum atomic E-state index is 8.86. The molecule has 4 nitrogen and oxygen atoms in total. The molecule has 1 saturated heterocycles. The molecular weight excluding hydrogens is 204 g/mol. The molecule has 0 N–H and O–H groups in total. The van der Waals surface area contributed by atoms with Gasteiger partial charge < -0.3 is 14.4 Å². The molecule has 1 heterocycles. The molecule has 0 aromatic rings. The first kappa shape index (κ1) is 13.4. The zero-order valence-electron chi connectivity index (χ0n) is 10.2. The van der Waals surface area contributed by atoms with E-state index in [1.807, 2.05) is 0 Å². The molecule has 1 unspecified atom stereocenters. The van der Waals surface area contributed by atoms with E-state index in [9.17, 15) is 0 Å². The normalized spacial score (nSPS) is 21.9. The summed E-state index contributed by atoms with van der Waals surface area (Å²) < 4.78 is 10.3. The Balaban J connectivity index is 1.98. The first-order chi connectivity index (χ1) is 7.86. The predicted octanol–water partition coefficient (Wildman–Crippen LogP) is 1.28. The lowest BCUT2D eigenvalue weighted by Crippen LogP contribution is -2.35. The third-order valence-electron chi connectivity index (χ3n) is 2.88. The van der Waals surface area contributed by atoms with Crippen LogP contribution in [0.5, 0.6) is 0 Å². The molecule has 1 rings (SSSR count). The van der Waals surface area contributed by atoms with E-state index in [0.717, 1.165) is 45.5 Å². The summed E-state index contributed by atoms with van der Waals surface area (Å²) in [4.78, 5) is 2.37. The van der Waals surface area contributed by atoms with Gasteiger partial charge in [0.15, 0.2) is 0 Å². The van der Waals surface area contributed by atoms with E-state index in [4.69, 9.17) is 14.7 Å². The summed E-state index contributed by atoms with van der Waals surface area (Å²) in [6.45, 7) is 5.25. The lowest BCUT2D eigenvalue weighted by molar-refractivity contribution is 0.0633. The van der Waals surface area contributed by atoms with Crippen molar-refractivity contribution in [1.29, 1.82) is 5.26 Å². The number of hydrogen-bond donors (Lipinski definition) is 0. The van der Waals surface area contributed by atoms with E-state index in [2.05, 4.69) is 11.0 Å². The van der Waals surface area contributed by atoms with E-state index in [0.29, 0.717) is 13.2 Å². The summed E-state index contributed by atoms with van der Waals surface area (Å²) in [5.41, 5.74) is 0. The van der Waals surface area contributed by atoms with Gasteiger partial charge in [-0.15, -0.1) is 0 Å². The van der Waals surface area contributed by atoms with Crippen LogP contribution in [0.25, 0.3) is 0 Å². The quantitative estimate of drug-likeness (QED) is 0.613. The second-order valence-corrected chi connectivity index (χ2v) is 4.23. The molecule has 0 aromatic carbocycles. The highest BCUT2D eigenvalue weighted by atomic mass is 16.5. The fourth-order valence-electron chi connectivity index (χ4n) is 2.00. The SMILES string of the molecule is COCCOCCCN1CCCC(C#N)C1. The molecule has 0 saturated carbocycles. The molecule has 0 bridgehead atoms. The Morgan fingerprint density at radius 1 is 1.38 bits per heavy atom. The Morgan fingerprint density at radius 2 is 2.25 bits per heavy atom. The molecule has 0 amide bonds. The summed E-state index contributed by atoms with van der Waals surface area (Å²) in [7, 11) is 1.68. The summed E-state index contributed by atoms with van der Waals surface area (Å²) in [6, 6.07) is 2.36. The Bertz CT molecular complexity index is 216. The van der Waals surface area contributed by atoms with Gasteiger partial charge in [0.25, 0.3) is 0 Å². The molecule has 0 aromatic heterocycles. The number of ether oxygens (including phenoxy) is 2. The van der Waals surface area contributed by atoms with Gasteiger partial charge >= 0.3 is 0 Å². The third kappa shape index (κ3) is 5.45. The van der Waals surface area contributed by atoms with Crippen LogP contribution in [0.4, 0.5) is 0 Å². The monoisotopic (exact) mass is 226 g/mol. The van der Waals surface area contributed by atoms with Crippen LogP contribution in [0.3, 0.4) is 0 Å². The lowest BCUT2D eigenvalue weighted by atomic mass is 10.00. The maximum Gasteiger partial charge on any atom is 0.0700 e. The van der Waals surface area contributed by atoms with Gasteiger partial charge in [0.2, 0.25) is 0 Å². The smallest absolute Gasteiger partial charge is 0.0700 e. The van der Waals surface area contributed by atoms with Crippen molar-refractivity contribution in [2.45, 2.75) is 19.3 Å². The van der Waals surface area contributed by atoms with Gasteiger partial charge in [-0.05, 0) is 25.8 Å². The van der Waals surface area contributed by atoms with Crippen molar-refractivity contribution in [2.75, 3.05) is 46.6 Å². The number of nitrogens with zero attached hydrogens (tertiary/aromatic N) is 2. The third-order valence-corrected chi connectivity index (χ3v) is 2.88. The average Bonchev–Trinajstić information content (AvgIpc) is 2.34. The predicted molar refractivity (Wildman–Crippen MR) is 62.1 cm³/mol. The maximum absolute atomic E-state index is 8.86. The van der Waals surface area contributed by atoms with E-state index in [1.165, 1.54) is 0 Å². The van der Waals surface area contributed by atoms with Crippen LogP contribution in [0, 0.1) is 17.2 Å². The number of rotatable bonds is 7. The zero-order valence-corrected chi connectivity index (χ0v) is 10.2. The Kier molecular flexibility index (Phi) is 7.15. The van der Waals surface area contributed by atoms with E-state index in [1.54, 1.807) is 7.11 Å². The molecule has 0 spiro atoms. The molecular formula is C12H22N2O2. The van der Waals surface area contributed by atoms with Crippen LogP contribution in [0.15, 0.2) is 0 Å². The average molecular weight is 226 g/mol. The van der Waals surface area contributed by atoms with Crippen LogP contribution >= 0.6 is 0 Å². The summed E-state index contributed by atoms with van der Waals surface area (Å²) in [5, 5.41) is 8.86. The summed E-state index contributed by atoms with van der Waals surface area (Å²) in [5.74, 6) is 0.239. The second-order valence-electron chi connectivity index (χ2n) is 4.23. The summed E-state index contributed by atoms with van der Waals surface area (Å²) in [6.07, 6.45) is 3.27. The minimum absolute atomic E-state index is 0.239. The van der Waals surface area contributed by atoms with Crippen molar-refractivity contribution >= 4 is 0 Å². The van der Waals surface area contributed by atoms with Gasteiger partial charge in [-0.3, -0.25) is 0 Å². The standard InChI is InChI=1S/C12H22N2O2/c1-15-8-9-16-7-3-6-14-5-2-4-12(10-13)11-14/h12H,2-9,11H2,1H3. The largest absolute Gasteiger partial charge is 0.382 e. The number of likely N-dealkylation sites (tertiary alicyclic amines) is 1. The van der Waals surface area contributed by atoms with Crippen LogP contribution in [0.2, 0.25) is 0 Å². The molecule has 4 heteroatoms. The van der Waals surface area contributed by atoms with Gasteiger partial charge in [-0.25, -0.2) is 0 Å². The minimum Gasteiger partial charge on any atom is -0.382 e. The van der Waals surface area contributed by atoms with E-state index < -0.39 is 0 Å². The summed E-state index contributed by atoms with van der Waals surface area (Å²) >= 11 is 0. The number of piperidine rings is 1. The van der Waals surface area contributed by atoms with Crippen molar-refractivity contribution in [3.8, 4) is 6.07 Å². The number of hydrogen-bond acceptors (Lipinski definition) is 4. The fourth-order valence-corrected chi connectivity index (χ4v) is 2.00. The molecule has 0 aliphatic carbocycles. The van der Waals surface area contributed by atoms with E-state index >= 15 is 0 Å². The Hall–Kier alpha value is -0.630. The molecule has 1 aliphatic heterocycles. The first-order valence-corrected chi connectivity index (χ1v) is 6.05. The van der Waals surface area contributed by atoms with Crippen LogP contribution in [-0.2, 0) is 9.47 Å². The van der Waals surface area contributed by atoms with Gasteiger partial charge in [-0.1, -0.05) is 0 Å². The van der Waals surface area contributed by atoms with Crippen LogP contribution in [0.1, 0.15) is 19.3 Å². The minimum atomic E-state index is 0.239. The van der Waals surface area contributed by atoms with E-state index in [-0.39, 0.29) is 5.92 Å². The first-order valence-electron chi connectivity index (χ1n) is 6.05. The molecule has 1 atom stereocenters. The van der Waals surface area contributed by atoms with Crippen molar-refractivity contribution < 1.29 is 9.47 Å². The van der Waals surface area contributed by atoms with Crippen molar-refractivity contribution in [2.24, 2.45) is 5.92 Å². The highest BCUT2D eigenvalue weighted by Crippen LogP contribution is 2.15. The number of nitriles is 1. The molecule has 0 radical (unpaired) electrons. The molecule has 16 heavy (non-hydrogen) atoms. The Labute approximate surface area is 98.1 Å². The van der Waals surface area contributed by atoms with Crippen molar-refractivity contribution in [3.05, 3.63) is 0 Å². The van der Waals surface area contributed by atoms with Gasteiger partial charge in [0.05, 0.1) is 25.2 Å². The lowest BCUT2D eigenvalue weighted by Gasteiger charge is -2.29. The van der Waals surface area contributed by atoms with Gasteiger partial charge in [-0.2, -0.15) is 5.26 Å². The highest BCUT2D eigenvalue weighted by Gasteiger charge is 2.18. The van der Waals surface area contributed by atoms with Gasteiger partial charge in [0.1, 0.15) is 0 Å². The van der Waals surface area contributed by atoms with Gasteiger partial charge in [0, 0.05) is 26.8 Å². The topological polar surface area (TPSA) is 45.5 Å². The Morgan fingerprint density at radius 3 is 3.00 bits per heavy atom. The number of methoxy groups -OCH3 is 1. The molecule has 1 fully saturated rings. The van der Waals surface area contributed by atoms with Crippen molar-refractivity contribution in [3.63, 3.8) is 0 Å². The molecule has 92 valence electrons. The fraction of sp³-hybridized carbons (Fsp3) is 0.917. The second kappa shape index (κ2) is 8.51.